The van der Waals surface area contributed by atoms with Gasteiger partial charge in [-0.1, -0.05) is 116 Å². The van der Waals surface area contributed by atoms with Crippen LogP contribution in [0, 0.1) is 0 Å². The second kappa shape index (κ2) is 10.2. The summed E-state index contributed by atoms with van der Waals surface area (Å²) in [7, 11) is -1.82. The Morgan fingerprint density at radius 1 is 0.457 bits per heavy atom. The number of hydrogen-bond acceptors (Lipinski definition) is 3. The number of aromatic nitrogens is 2. The van der Waals surface area contributed by atoms with Crippen LogP contribution in [0.1, 0.15) is 0 Å². The molecule has 4 heteroatoms. The minimum absolute atomic E-state index is 0.923. The van der Waals surface area contributed by atoms with Crippen molar-refractivity contribution >= 4 is 68.1 Å². The van der Waals surface area contributed by atoms with Crippen LogP contribution in [0.3, 0.4) is 0 Å². The van der Waals surface area contributed by atoms with Crippen LogP contribution < -0.4 is 15.3 Å². The minimum Gasteiger partial charge on any atom is -0.311 e. The van der Waals surface area contributed by atoms with Crippen LogP contribution in [0.2, 0.25) is 13.1 Å². The van der Waals surface area contributed by atoms with E-state index in [1.807, 2.05) is 12.4 Å². The van der Waals surface area contributed by atoms with Gasteiger partial charge in [-0.2, -0.15) is 0 Å². The zero-order chi connectivity index (χ0) is 30.8. The molecule has 2 aromatic heterocycles. The third-order valence-corrected chi connectivity index (χ3v) is 13.3. The number of nitrogens with zero attached hydrogens (tertiary/aromatic N) is 3. The molecule has 0 unspecified atom stereocenters. The van der Waals surface area contributed by atoms with Crippen LogP contribution in [0.15, 0.2) is 152 Å². The summed E-state index contributed by atoms with van der Waals surface area (Å²) in [5.41, 5.74) is 10.3. The SMILES string of the molecule is C[Si]1(C)c2ccccc2N(c2ccc(-c3ccnc4c3ccc3c(-c5cccc6ccccc56)ccnc34)cc2)c2ccccc21. The van der Waals surface area contributed by atoms with E-state index < -0.39 is 8.07 Å². The van der Waals surface area contributed by atoms with Crippen molar-refractivity contribution in [3.05, 3.63) is 152 Å². The first-order valence-corrected chi connectivity index (χ1v) is 18.8. The first kappa shape index (κ1) is 26.8. The topological polar surface area (TPSA) is 29.0 Å². The number of para-hydroxylation sites is 2. The predicted octanol–water partition coefficient (Wildman–Crippen LogP) is 9.88. The number of hydrogen-bond donors (Lipinski definition) is 0. The van der Waals surface area contributed by atoms with Gasteiger partial charge < -0.3 is 4.90 Å². The maximum atomic E-state index is 4.88. The molecule has 0 N–H and O–H groups in total. The molecule has 0 atom stereocenters. The van der Waals surface area contributed by atoms with Gasteiger partial charge in [0.1, 0.15) is 8.07 Å². The van der Waals surface area contributed by atoms with Gasteiger partial charge >= 0.3 is 0 Å². The predicted molar refractivity (Wildman–Crippen MR) is 197 cm³/mol. The van der Waals surface area contributed by atoms with Gasteiger partial charge in [0.15, 0.2) is 0 Å². The monoisotopic (exact) mass is 605 g/mol. The number of rotatable bonds is 3. The average Bonchev–Trinajstić information content (AvgIpc) is 3.11. The average molecular weight is 606 g/mol. The van der Waals surface area contributed by atoms with E-state index in [1.165, 1.54) is 49.3 Å². The van der Waals surface area contributed by atoms with E-state index in [0.717, 1.165) is 32.9 Å². The van der Waals surface area contributed by atoms with Crippen LogP contribution >= 0.6 is 0 Å². The molecule has 1 aliphatic heterocycles. The summed E-state index contributed by atoms with van der Waals surface area (Å²) in [4.78, 5) is 12.2. The van der Waals surface area contributed by atoms with Gasteiger partial charge in [0.05, 0.1) is 11.0 Å². The van der Waals surface area contributed by atoms with E-state index in [-0.39, 0.29) is 0 Å². The third-order valence-electron chi connectivity index (χ3n) is 9.77. The van der Waals surface area contributed by atoms with Gasteiger partial charge in [0.2, 0.25) is 0 Å². The molecule has 3 heterocycles. The Labute approximate surface area is 269 Å². The highest BCUT2D eigenvalue weighted by Gasteiger charge is 2.38. The van der Waals surface area contributed by atoms with E-state index in [0.29, 0.717) is 0 Å². The zero-order valence-electron chi connectivity index (χ0n) is 25.8. The van der Waals surface area contributed by atoms with Crippen LogP contribution in [-0.4, -0.2) is 18.0 Å². The Morgan fingerprint density at radius 2 is 1.00 bits per heavy atom. The highest BCUT2D eigenvalue weighted by Crippen LogP contribution is 2.40. The molecule has 9 rings (SSSR count). The summed E-state index contributed by atoms with van der Waals surface area (Å²) < 4.78 is 0. The molecule has 0 fully saturated rings. The molecule has 3 nitrogen and oxygen atoms in total. The Morgan fingerprint density at radius 3 is 1.70 bits per heavy atom. The summed E-state index contributed by atoms with van der Waals surface area (Å²) in [6.07, 6.45) is 3.83. The lowest BCUT2D eigenvalue weighted by Crippen LogP contribution is -2.58. The molecule has 0 bridgehead atoms. The molecule has 0 saturated heterocycles. The fraction of sp³-hybridized carbons (Fsp3) is 0.0476. The summed E-state index contributed by atoms with van der Waals surface area (Å²) in [5, 5.41) is 7.63. The van der Waals surface area contributed by atoms with Gasteiger partial charge in [0, 0.05) is 40.2 Å². The lowest BCUT2D eigenvalue weighted by atomic mass is 9.94. The van der Waals surface area contributed by atoms with Crippen LogP contribution in [-0.2, 0) is 0 Å². The van der Waals surface area contributed by atoms with Gasteiger partial charge in [-0.05, 0) is 79.8 Å². The largest absolute Gasteiger partial charge is 0.311 e. The molecule has 1 aliphatic rings. The molecule has 6 aromatic carbocycles. The summed E-state index contributed by atoms with van der Waals surface area (Å²) in [6.45, 7) is 4.92. The van der Waals surface area contributed by atoms with Gasteiger partial charge in [-0.15, -0.1) is 0 Å². The normalized spacial score (nSPS) is 13.6. The molecule has 0 aliphatic carbocycles. The third kappa shape index (κ3) is 3.97. The molecule has 0 spiro atoms. The number of pyridine rings is 2. The Kier molecular flexibility index (Phi) is 5.96. The highest BCUT2D eigenvalue weighted by molar-refractivity contribution is 7.02. The first-order valence-electron chi connectivity index (χ1n) is 15.8. The van der Waals surface area contributed by atoms with Crippen LogP contribution in [0.25, 0.3) is 54.8 Å². The van der Waals surface area contributed by atoms with Crippen molar-refractivity contribution < 1.29 is 0 Å². The zero-order valence-corrected chi connectivity index (χ0v) is 26.8. The summed E-state index contributed by atoms with van der Waals surface area (Å²) in [6, 6.07) is 50.6. The molecule has 46 heavy (non-hydrogen) atoms. The number of benzene rings is 6. The van der Waals surface area contributed by atoms with E-state index >= 15 is 0 Å². The second-order valence-electron chi connectivity index (χ2n) is 12.6. The van der Waals surface area contributed by atoms with Crippen molar-refractivity contribution in [2.75, 3.05) is 4.90 Å². The minimum atomic E-state index is -1.82. The summed E-state index contributed by atoms with van der Waals surface area (Å²) >= 11 is 0. The molecule has 218 valence electrons. The van der Waals surface area contributed by atoms with Crippen molar-refractivity contribution in [1.29, 1.82) is 0 Å². The van der Waals surface area contributed by atoms with Crippen LogP contribution in [0.4, 0.5) is 17.1 Å². The van der Waals surface area contributed by atoms with Gasteiger partial charge in [-0.25, -0.2) is 0 Å². The van der Waals surface area contributed by atoms with Crippen molar-refractivity contribution in [1.82, 2.24) is 9.97 Å². The van der Waals surface area contributed by atoms with Gasteiger partial charge in [-0.3, -0.25) is 9.97 Å². The number of anilines is 3. The maximum absolute atomic E-state index is 4.88. The molecule has 0 amide bonds. The van der Waals surface area contributed by atoms with Crippen molar-refractivity contribution in [2.24, 2.45) is 0 Å². The van der Waals surface area contributed by atoms with E-state index in [2.05, 4.69) is 158 Å². The smallest absolute Gasteiger partial charge is 0.117 e. The van der Waals surface area contributed by atoms with E-state index in [4.69, 9.17) is 9.97 Å². The molecule has 8 aromatic rings. The molecular weight excluding hydrogens is 575 g/mol. The van der Waals surface area contributed by atoms with Crippen molar-refractivity contribution in [3.63, 3.8) is 0 Å². The molecular formula is C42H31N3Si. The lowest BCUT2D eigenvalue weighted by Gasteiger charge is -2.41. The molecule has 0 radical (unpaired) electrons. The maximum Gasteiger partial charge on any atom is 0.117 e. The van der Waals surface area contributed by atoms with E-state index in [1.54, 1.807) is 0 Å². The lowest BCUT2D eigenvalue weighted by molar-refractivity contribution is 1.29. The fourth-order valence-electron chi connectivity index (χ4n) is 7.51. The van der Waals surface area contributed by atoms with E-state index in [9.17, 15) is 0 Å². The highest BCUT2D eigenvalue weighted by atomic mass is 28.3. The Bertz CT molecular complexity index is 2410. The summed E-state index contributed by atoms with van der Waals surface area (Å²) in [5.74, 6) is 0. The second-order valence-corrected chi connectivity index (χ2v) is 17.0. The fourth-order valence-corrected chi connectivity index (χ4v) is 10.5. The number of fused-ring (bicyclic) bond motifs is 6. The molecule has 0 saturated carbocycles. The van der Waals surface area contributed by atoms with Crippen molar-refractivity contribution in [3.8, 4) is 22.3 Å². The van der Waals surface area contributed by atoms with Crippen LogP contribution in [0.5, 0.6) is 0 Å². The Balaban J connectivity index is 1.16. The van der Waals surface area contributed by atoms with Crippen molar-refractivity contribution in [2.45, 2.75) is 13.1 Å². The quantitative estimate of drug-likeness (QED) is 0.148. The van der Waals surface area contributed by atoms with Gasteiger partial charge in [0.25, 0.3) is 0 Å². The Hall–Kier alpha value is -5.58. The first-order chi connectivity index (χ1) is 22.6. The standard InChI is InChI=1S/C42H31N3Si/c1-46(2)39-16-7-5-14-37(39)45(38-15-6-8-17-40(38)46)30-20-18-29(19-21-30)32-24-26-43-41-35(32)22-23-36-34(25-27-44-42(36)41)33-13-9-11-28-10-3-4-12-31(28)33/h3-27H,1-2H3.